The Kier molecular flexibility index (Phi) is 5.87. The Morgan fingerprint density at radius 1 is 1.40 bits per heavy atom. The highest BCUT2D eigenvalue weighted by Gasteiger charge is 2.33. The van der Waals surface area contributed by atoms with Crippen molar-refractivity contribution in [1.29, 1.82) is 0 Å². The number of ether oxygens (including phenoxy) is 1. The zero-order chi connectivity index (χ0) is 18.8. The molecule has 0 amide bonds. The summed E-state index contributed by atoms with van der Waals surface area (Å²) in [7, 11) is 0. The summed E-state index contributed by atoms with van der Waals surface area (Å²) in [5, 5.41) is 0.906. The highest BCUT2D eigenvalue weighted by molar-refractivity contribution is 8.07. The standard InChI is InChI=1S/C20H29NO3S/c1-7-8-9-21-13-17(19(2,3)4)25-18(21)11-15(23)16-10-14(22)12-20(5,6)24-16/h10-11,13H,7-9,12H2,1-6H3/b18-11-. The molecule has 25 heavy (non-hydrogen) atoms. The first-order chi connectivity index (χ1) is 11.5. The predicted octanol–water partition coefficient (Wildman–Crippen LogP) is 4.79. The molecule has 2 rings (SSSR count). The van der Waals surface area contributed by atoms with Crippen LogP contribution in [0.2, 0.25) is 0 Å². The second kappa shape index (κ2) is 7.40. The smallest absolute Gasteiger partial charge is 0.223 e. The molecule has 0 saturated heterocycles. The summed E-state index contributed by atoms with van der Waals surface area (Å²) in [6, 6.07) is 0. The van der Waals surface area contributed by atoms with Gasteiger partial charge in [-0.3, -0.25) is 9.59 Å². The maximum Gasteiger partial charge on any atom is 0.223 e. The Morgan fingerprint density at radius 2 is 2.08 bits per heavy atom. The van der Waals surface area contributed by atoms with Gasteiger partial charge in [0.1, 0.15) is 5.60 Å². The van der Waals surface area contributed by atoms with Crippen molar-refractivity contribution in [2.75, 3.05) is 6.54 Å². The number of hydrogen-bond donors (Lipinski definition) is 0. The lowest BCUT2D eigenvalue weighted by Gasteiger charge is -2.29. The lowest BCUT2D eigenvalue weighted by molar-refractivity contribution is -0.127. The second-order valence-corrected chi connectivity index (χ2v) is 9.31. The van der Waals surface area contributed by atoms with Crippen molar-refractivity contribution in [3.63, 3.8) is 0 Å². The third-order valence-corrected chi connectivity index (χ3v) is 5.54. The van der Waals surface area contributed by atoms with E-state index in [1.165, 1.54) is 11.0 Å². The Hall–Kier alpha value is -1.49. The number of allylic oxidation sites excluding steroid dienone is 3. The Morgan fingerprint density at radius 3 is 2.64 bits per heavy atom. The van der Waals surface area contributed by atoms with E-state index < -0.39 is 5.60 Å². The fraction of sp³-hybridized carbons (Fsp3) is 0.600. The largest absolute Gasteiger partial charge is 0.483 e. The van der Waals surface area contributed by atoms with Crippen LogP contribution in [0.4, 0.5) is 0 Å². The lowest BCUT2D eigenvalue weighted by Crippen LogP contribution is -2.33. The van der Waals surface area contributed by atoms with E-state index in [4.69, 9.17) is 4.74 Å². The number of ketones is 2. The maximum atomic E-state index is 12.7. The molecule has 2 aliphatic heterocycles. The van der Waals surface area contributed by atoms with Crippen LogP contribution in [0.15, 0.2) is 34.0 Å². The molecule has 2 heterocycles. The average Bonchev–Trinajstić information content (AvgIpc) is 2.86. The van der Waals surface area contributed by atoms with E-state index in [2.05, 4.69) is 38.8 Å². The topological polar surface area (TPSA) is 46.6 Å². The number of carbonyl (C=O) groups excluding carboxylic acids is 2. The van der Waals surface area contributed by atoms with E-state index >= 15 is 0 Å². The SMILES string of the molecule is CCCCN1C=C(C(C)(C)C)S/C1=C\C(=O)C1=CC(=O)CC(C)(C)O1. The molecule has 0 N–H and O–H groups in total. The fourth-order valence-electron chi connectivity index (χ4n) is 2.65. The van der Waals surface area contributed by atoms with Crippen LogP contribution in [0.5, 0.6) is 0 Å². The van der Waals surface area contributed by atoms with Crippen LogP contribution in [0.3, 0.4) is 0 Å². The van der Waals surface area contributed by atoms with Crippen molar-refractivity contribution in [3.05, 3.63) is 34.0 Å². The maximum absolute atomic E-state index is 12.7. The number of carbonyl (C=O) groups is 2. The Labute approximate surface area is 155 Å². The Balaban J connectivity index is 2.23. The molecule has 0 fully saturated rings. The molecule has 2 aliphatic rings. The molecule has 0 aromatic carbocycles. The molecule has 0 atom stereocenters. The number of unbranched alkanes of at least 4 members (excludes halogenated alkanes) is 1. The van der Waals surface area contributed by atoms with Gasteiger partial charge in [-0.05, 0) is 25.7 Å². The van der Waals surface area contributed by atoms with Crippen molar-refractivity contribution >= 4 is 23.3 Å². The van der Waals surface area contributed by atoms with E-state index in [-0.39, 0.29) is 22.7 Å². The first-order valence-corrected chi connectivity index (χ1v) is 9.70. The van der Waals surface area contributed by atoms with Gasteiger partial charge in [0.2, 0.25) is 5.78 Å². The van der Waals surface area contributed by atoms with Gasteiger partial charge < -0.3 is 9.64 Å². The number of nitrogens with zero attached hydrogens (tertiary/aromatic N) is 1. The van der Waals surface area contributed by atoms with Crippen molar-refractivity contribution in [2.24, 2.45) is 5.41 Å². The van der Waals surface area contributed by atoms with Crippen LogP contribution >= 0.6 is 11.8 Å². The number of hydrogen-bond acceptors (Lipinski definition) is 5. The minimum absolute atomic E-state index is 0.0341. The van der Waals surface area contributed by atoms with Crippen molar-refractivity contribution in [3.8, 4) is 0 Å². The molecule has 0 spiro atoms. The third kappa shape index (κ3) is 5.24. The van der Waals surface area contributed by atoms with E-state index in [0.29, 0.717) is 6.42 Å². The first kappa shape index (κ1) is 19.8. The highest BCUT2D eigenvalue weighted by Crippen LogP contribution is 2.45. The van der Waals surface area contributed by atoms with E-state index in [0.717, 1.165) is 24.4 Å². The van der Waals surface area contributed by atoms with Gasteiger partial charge in [-0.25, -0.2) is 0 Å². The molecule has 5 heteroatoms. The van der Waals surface area contributed by atoms with E-state index in [1.54, 1.807) is 17.8 Å². The number of thioether (sulfide) groups is 1. The predicted molar refractivity (Wildman–Crippen MR) is 103 cm³/mol. The van der Waals surface area contributed by atoms with Crippen LogP contribution in [-0.2, 0) is 14.3 Å². The monoisotopic (exact) mass is 363 g/mol. The van der Waals surface area contributed by atoms with Crippen LogP contribution in [0.25, 0.3) is 0 Å². The molecule has 0 aliphatic carbocycles. The molecule has 138 valence electrons. The lowest BCUT2D eigenvalue weighted by atomic mass is 9.96. The summed E-state index contributed by atoms with van der Waals surface area (Å²) in [5.74, 6) is -0.156. The third-order valence-electron chi connectivity index (χ3n) is 4.04. The summed E-state index contributed by atoms with van der Waals surface area (Å²) in [6.07, 6.45) is 7.54. The summed E-state index contributed by atoms with van der Waals surface area (Å²) in [4.78, 5) is 27.9. The van der Waals surface area contributed by atoms with Gasteiger partial charge in [0, 0.05) is 36.2 Å². The van der Waals surface area contributed by atoms with Gasteiger partial charge in [-0.15, -0.1) is 0 Å². The second-order valence-electron chi connectivity index (χ2n) is 8.25. The summed E-state index contributed by atoms with van der Waals surface area (Å²) in [5.41, 5.74) is -0.596. The summed E-state index contributed by atoms with van der Waals surface area (Å²) >= 11 is 1.63. The van der Waals surface area contributed by atoms with Crippen molar-refractivity contribution in [1.82, 2.24) is 4.90 Å². The molecule has 0 radical (unpaired) electrons. The van der Waals surface area contributed by atoms with Gasteiger partial charge in [-0.2, -0.15) is 0 Å². The molecule has 0 aromatic heterocycles. The minimum Gasteiger partial charge on any atom is -0.483 e. The van der Waals surface area contributed by atoms with Crippen molar-refractivity contribution < 1.29 is 14.3 Å². The molecule has 0 unspecified atom stereocenters. The highest BCUT2D eigenvalue weighted by atomic mass is 32.2. The molecule has 0 saturated carbocycles. The van der Waals surface area contributed by atoms with Gasteiger partial charge >= 0.3 is 0 Å². The van der Waals surface area contributed by atoms with Gasteiger partial charge in [0.25, 0.3) is 0 Å². The number of rotatable bonds is 5. The molecular formula is C20H29NO3S. The zero-order valence-corrected chi connectivity index (χ0v) is 17.0. The van der Waals surface area contributed by atoms with Crippen LogP contribution in [0.1, 0.15) is 60.8 Å². The van der Waals surface area contributed by atoms with Crippen LogP contribution in [0, 0.1) is 5.41 Å². The van der Waals surface area contributed by atoms with E-state index in [1.807, 2.05) is 13.8 Å². The van der Waals surface area contributed by atoms with Gasteiger partial charge in [-0.1, -0.05) is 45.9 Å². The summed E-state index contributed by atoms with van der Waals surface area (Å²) in [6.45, 7) is 13.2. The average molecular weight is 364 g/mol. The Bertz CT molecular complexity index is 650. The summed E-state index contributed by atoms with van der Waals surface area (Å²) < 4.78 is 5.73. The minimum atomic E-state index is -0.630. The molecule has 0 bridgehead atoms. The van der Waals surface area contributed by atoms with Crippen LogP contribution in [-0.4, -0.2) is 28.6 Å². The fourth-order valence-corrected chi connectivity index (χ4v) is 3.79. The van der Waals surface area contributed by atoms with Gasteiger partial charge in [0.15, 0.2) is 11.5 Å². The zero-order valence-electron chi connectivity index (χ0n) is 16.1. The first-order valence-electron chi connectivity index (χ1n) is 8.88. The van der Waals surface area contributed by atoms with Crippen molar-refractivity contribution in [2.45, 2.75) is 66.4 Å². The molecular weight excluding hydrogens is 334 g/mol. The molecule has 0 aromatic rings. The van der Waals surface area contributed by atoms with Crippen LogP contribution < -0.4 is 0 Å². The normalized spacial score (nSPS) is 21.9. The van der Waals surface area contributed by atoms with Gasteiger partial charge in [0.05, 0.1) is 5.03 Å². The van der Waals surface area contributed by atoms with E-state index in [9.17, 15) is 9.59 Å². The molecule has 4 nitrogen and oxygen atoms in total. The quantitative estimate of drug-likeness (QED) is 0.658.